The molecule has 1 atom stereocenters. The van der Waals surface area contributed by atoms with Gasteiger partial charge < -0.3 is 10.8 Å². The molecular formula is C13H13F3N2O2. The molecule has 0 aliphatic rings. The average Bonchev–Trinajstić information content (AvgIpc) is 2.34. The molecule has 7 heteroatoms. The lowest BCUT2D eigenvalue weighted by molar-refractivity contribution is -0.143. The molecule has 0 bridgehead atoms. The highest BCUT2D eigenvalue weighted by molar-refractivity contribution is 5.83. The maximum atomic E-state index is 12.5. The summed E-state index contributed by atoms with van der Waals surface area (Å²) >= 11 is 0. The summed E-state index contributed by atoms with van der Waals surface area (Å²) < 4.78 is 37.6. The Kier molecular flexibility index (Phi) is 4.28. The van der Waals surface area contributed by atoms with Gasteiger partial charge in [0.25, 0.3) is 0 Å². The quantitative estimate of drug-likeness (QED) is 0.833. The summed E-state index contributed by atoms with van der Waals surface area (Å²) in [5.74, 6) is -1.24. The highest BCUT2D eigenvalue weighted by atomic mass is 19.4. The number of benzene rings is 1. The fourth-order valence-electron chi connectivity index (χ4n) is 1.90. The first-order valence-electron chi connectivity index (χ1n) is 5.70. The van der Waals surface area contributed by atoms with Gasteiger partial charge in [-0.05, 0) is 31.0 Å². The van der Waals surface area contributed by atoms with E-state index in [1.165, 1.54) is 6.92 Å². The first-order valence-corrected chi connectivity index (χ1v) is 5.70. The van der Waals surface area contributed by atoms with E-state index < -0.39 is 23.1 Å². The van der Waals surface area contributed by atoms with Gasteiger partial charge in [-0.15, -0.1) is 0 Å². The van der Waals surface area contributed by atoms with Gasteiger partial charge in [0.05, 0.1) is 17.0 Å². The second kappa shape index (κ2) is 5.41. The second-order valence-electron chi connectivity index (χ2n) is 4.60. The molecule has 0 heterocycles. The largest absolute Gasteiger partial charge is 0.481 e. The lowest BCUT2D eigenvalue weighted by Gasteiger charge is -2.26. The molecule has 20 heavy (non-hydrogen) atoms. The van der Waals surface area contributed by atoms with E-state index in [1.807, 2.05) is 6.07 Å². The Bertz CT molecular complexity index is 564. The van der Waals surface area contributed by atoms with Crippen LogP contribution >= 0.6 is 0 Å². The molecule has 0 saturated carbocycles. The fraction of sp³-hybridized carbons (Fsp3) is 0.385. The minimum Gasteiger partial charge on any atom is -0.481 e. The van der Waals surface area contributed by atoms with E-state index in [2.05, 4.69) is 0 Å². The summed E-state index contributed by atoms with van der Waals surface area (Å²) in [5.41, 5.74) is 2.96. The van der Waals surface area contributed by atoms with E-state index in [0.29, 0.717) is 6.07 Å². The van der Waals surface area contributed by atoms with E-state index in [1.54, 1.807) is 0 Å². The minimum atomic E-state index is -4.54. The van der Waals surface area contributed by atoms with E-state index in [4.69, 9.17) is 11.0 Å². The average molecular weight is 286 g/mol. The minimum absolute atomic E-state index is 0.0333. The van der Waals surface area contributed by atoms with Crippen LogP contribution in [0.4, 0.5) is 18.9 Å². The zero-order valence-electron chi connectivity index (χ0n) is 10.7. The van der Waals surface area contributed by atoms with Gasteiger partial charge in [0.1, 0.15) is 0 Å². The van der Waals surface area contributed by atoms with Crippen LogP contribution < -0.4 is 5.73 Å². The van der Waals surface area contributed by atoms with Gasteiger partial charge in [0, 0.05) is 12.1 Å². The van der Waals surface area contributed by atoms with Crippen LogP contribution in [0, 0.1) is 11.3 Å². The summed E-state index contributed by atoms with van der Waals surface area (Å²) in [6, 6.07) is 4.38. The van der Waals surface area contributed by atoms with Crippen molar-refractivity contribution in [3.8, 4) is 6.07 Å². The summed E-state index contributed by atoms with van der Waals surface area (Å²) in [5, 5.41) is 17.8. The Balaban J connectivity index is 3.30. The van der Waals surface area contributed by atoms with Crippen molar-refractivity contribution >= 4 is 11.7 Å². The molecule has 1 rings (SSSR count). The normalized spacial score (nSPS) is 14.3. The van der Waals surface area contributed by atoms with Crippen molar-refractivity contribution in [1.82, 2.24) is 0 Å². The van der Waals surface area contributed by atoms with Crippen LogP contribution in [0.2, 0.25) is 0 Å². The monoisotopic (exact) mass is 286 g/mol. The van der Waals surface area contributed by atoms with Crippen LogP contribution in [-0.2, 0) is 16.4 Å². The number of halogens is 3. The molecule has 4 nitrogen and oxygen atoms in total. The Morgan fingerprint density at radius 1 is 1.45 bits per heavy atom. The number of alkyl halides is 3. The molecule has 0 aromatic heterocycles. The van der Waals surface area contributed by atoms with Gasteiger partial charge in [0.2, 0.25) is 0 Å². The summed E-state index contributed by atoms with van der Waals surface area (Å²) in [6.45, 7) is 1.34. The third-order valence-corrected chi connectivity index (χ3v) is 3.18. The molecular weight excluding hydrogens is 273 g/mol. The number of hydrogen-bond donors (Lipinski definition) is 2. The van der Waals surface area contributed by atoms with E-state index >= 15 is 0 Å². The summed E-state index contributed by atoms with van der Waals surface area (Å²) in [6.07, 6.45) is -4.61. The van der Waals surface area contributed by atoms with Crippen LogP contribution in [0.25, 0.3) is 0 Å². The number of anilines is 1. The van der Waals surface area contributed by atoms with Crippen molar-refractivity contribution in [2.24, 2.45) is 0 Å². The number of carboxylic acids is 1. The van der Waals surface area contributed by atoms with Crippen LogP contribution in [0.15, 0.2) is 18.2 Å². The molecule has 0 aliphatic carbocycles. The molecule has 1 aromatic carbocycles. The van der Waals surface area contributed by atoms with Crippen molar-refractivity contribution in [2.45, 2.75) is 31.4 Å². The zero-order chi connectivity index (χ0) is 15.6. The van der Waals surface area contributed by atoms with Crippen molar-refractivity contribution in [2.75, 3.05) is 5.73 Å². The number of carboxylic acid groups (broad SMARTS) is 1. The number of nitrogens with zero attached hydrogens (tertiary/aromatic N) is 1. The lowest BCUT2D eigenvalue weighted by Crippen LogP contribution is -2.33. The molecule has 0 saturated heterocycles. The molecule has 0 fully saturated rings. The van der Waals surface area contributed by atoms with Gasteiger partial charge >= 0.3 is 12.1 Å². The number of nitrogen functional groups attached to an aromatic ring is 1. The maximum absolute atomic E-state index is 12.5. The predicted octanol–water partition coefficient (Wildman–Crippen LogP) is 2.93. The third kappa shape index (κ3) is 3.02. The molecule has 108 valence electrons. The van der Waals surface area contributed by atoms with E-state index in [0.717, 1.165) is 12.1 Å². The molecule has 0 amide bonds. The first kappa shape index (κ1) is 15.8. The lowest BCUT2D eigenvalue weighted by atomic mass is 9.77. The van der Waals surface area contributed by atoms with Crippen LogP contribution in [0.5, 0.6) is 0 Å². The molecule has 1 aromatic rings. The standard InChI is InChI=1S/C13H13F3N2O2/c1-12(11(19)20,5-2-6-17)9-4-3-8(7-10(9)18)13(14,15)16/h3-4,7H,2,5,18H2,1H3,(H,19,20). The number of hydrogen-bond acceptors (Lipinski definition) is 3. The Labute approximate surface area is 113 Å². The molecule has 3 N–H and O–H groups in total. The van der Waals surface area contributed by atoms with Crippen molar-refractivity contribution in [3.05, 3.63) is 29.3 Å². The summed E-state index contributed by atoms with van der Waals surface area (Å²) in [4.78, 5) is 11.4. The van der Waals surface area contributed by atoms with Gasteiger partial charge in [-0.25, -0.2) is 0 Å². The predicted molar refractivity (Wildman–Crippen MR) is 65.7 cm³/mol. The van der Waals surface area contributed by atoms with Crippen LogP contribution in [0.3, 0.4) is 0 Å². The number of nitriles is 1. The Hall–Kier alpha value is -2.23. The molecule has 0 aliphatic heterocycles. The van der Waals surface area contributed by atoms with Crippen molar-refractivity contribution < 1.29 is 23.1 Å². The SMILES string of the molecule is CC(CCC#N)(C(=O)O)c1ccc(C(F)(F)F)cc1N. The maximum Gasteiger partial charge on any atom is 0.416 e. The fourth-order valence-corrected chi connectivity index (χ4v) is 1.90. The highest BCUT2D eigenvalue weighted by Gasteiger charge is 2.38. The smallest absolute Gasteiger partial charge is 0.416 e. The van der Waals surface area contributed by atoms with Gasteiger partial charge in [-0.3, -0.25) is 4.79 Å². The third-order valence-electron chi connectivity index (χ3n) is 3.18. The zero-order valence-corrected chi connectivity index (χ0v) is 10.7. The highest BCUT2D eigenvalue weighted by Crippen LogP contribution is 2.37. The van der Waals surface area contributed by atoms with Gasteiger partial charge in [0.15, 0.2) is 0 Å². The molecule has 0 spiro atoms. The van der Waals surface area contributed by atoms with Crippen LogP contribution in [-0.4, -0.2) is 11.1 Å². The van der Waals surface area contributed by atoms with E-state index in [-0.39, 0.29) is 24.1 Å². The number of rotatable bonds is 4. The van der Waals surface area contributed by atoms with Crippen LogP contribution in [0.1, 0.15) is 30.9 Å². The Morgan fingerprint density at radius 2 is 2.05 bits per heavy atom. The Morgan fingerprint density at radius 3 is 2.45 bits per heavy atom. The topological polar surface area (TPSA) is 87.1 Å². The molecule has 0 radical (unpaired) electrons. The number of carbonyl (C=O) groups is 1. The van der Waals surface area contributed by atoms with E-state index in [9.17, 15) is 23.1 Å². The summed E-state index contributed by atoms with van der Waals surface area (Å²) in [7, 11) is 0. The number of aliphatic carboxylic acids is 1. The van der Waals surface area contributed by atoms with Gasteiger partial charge in [-0.2, -0.15) is 18.4 Å². The van der Waals surface area contributed by atoms with Crippen molar-refractivity contribution in [1.29, 1.82) is 5.26 Å². The van der Waals surface area contributed by atoms with Crippen molar-refractivity contribution in [3.63, 3.8) is 0 Å². The number of nitrogens with two attached hydrogens (primary N) is 1. The first-order chi connectivity index (χ1) is 9.13. The molecule has 1 unspecified atom stereocenters. The van der Waals surface area contributed by atoms with Gasteiger partial charge in [-0.1, -0.05) is 6.07 Å². The second-order valence-corrected chi connectivity index (χ2v) is 4.60.